The largest absolute Gasteiger partial charge is 0.406 e. The SMILES string of the molecule is CCC(CC)N(CC(F)(F)F)C(=O)C1CSCCN1. The third-order valence-electron chi connectivity index (χ3n) is 3.24. The number of thioether (sulfide) groups is 1. The van der Waals surface area contributed by atoms with E-state index in [0.29, 0.717) is 25.1 Å². The van der Waals surface area contributed by atoms with Crippen molar-refractivity contribution < 1.29 is 18.0 Å². The fourth-order valence-corrected chi connectivity index (χ4v) is 3.16. The minimum absolute atomic E-state index is 0.345. The van der Waals surface area contributed by atoms with Gasteiger partial charge in [0.25, 0.3) is 0 Å². The van der Waals surface area contributed by atoms with Gasteiger partial charge >= 0.3 is 6.18 Å². The maximum absolute atomic E-state index is 12.6. The molecular weight excluding hydrogens is 277 g/mol. The van der Waals surface area contributed by atoms with Crippen LogP contribution in [0.25, 0.3) is 0 Å². The van der Waals surface area contributed by atoms with Gasteiger partial charge in [-0.1, -0.05) is 13.8 Å². The van der Waals surface area contributed by atoms with Crippen molar-refractivity contribution in [1.29, 1.82) is 0 Å². The normalized spacial score (nSPS) is 20.6. The van der Waals surface area contributed by atoms with Crippen LogP contribution in [0.4, 0.5) is 13.2 Å². The van der Waals surface area contributed by atoms with Gasteiger partial charge in [0.05, 0.1) is 6.04 Å². The molecule has 1 rings (SSSR count). The average molecular weight is 298 g/mol. The maximum atomic E-state index is 12.6. The Morgan fingerprint density at radius 3 is 2.47 bits per heavy atom. The molecule has 0 aromatic heterocycles. The molecule has 19 heavy (non-hydrogen) atoms. The fraction of sp³-hybridized carbons (Fsp3) is 0.917. The van der Waals surface area contributed by atoms with Crippen molar-refractivity contribution in [3.63, 3.8) is 0 Å². The average Bonchev–Trinajstić information content (AvgIpc) is 2.38. The summed E-state index contributed by atoms with van der Waals surface area (Å²) < 4.78 is 37.9. The number of nitrogens with one attached hydrogen (secondary N) is 1. The molecule has 0 radical (unpaired) electrons. The molecule has 1 fully saturated rings. The molecule has 1 heterocycles. The highest BCUT2D eigenvalue weighted by Crippen LogP contribution is 2.22. The molecule has 1 saturated heterocycles. The third kappa shape index (κ3) is 5.22. The number of halogens is 3. The summed E-state index contributed by atoms with van der Waals surface area (Å²) in [5, 5.41) is 3.01. The highest BCUT2D eigenvalue weighted by molar-refractivity contribution is 7.99. The maximum Gasteiger partial charge on any atom is 0.406 e. The van der Waals surface area contributed by atoms with Gasteiger partial charge in [-0.15, -0.1) is 0 Å². The van der Waals surface area contributed by atoms with Crippen LogP contribution in [0.3, 0.4) is 0 Å². The second-order valence-electron chi connectivity index (χ2n) is 4.63. The van der Waals surface area contributed by atoms with Crippen molar-refractivity contribution in [2.24, 2.45) is 0 Å². The zero-order valence-electron chi connectivity index (χ0n) is 11.3. The van der Waals surface area contributed by atoms with Gasteiger partial charge in [-0.2, -0.15) is 24.9 Å². The van der Waals surface area contributed by atoms with E-state index in [4.69, 9.17) is 0 Å². The van der Waals surface area contributed by atoms with Crippen molar-refractivity contribution >= 4 is 17.7 Å². The predicted octanol–water partition coefficient (Wildman–Crippen LogP) is 2.27. The van der Waals surface area contributed by atoms with Gasteiger partial charge in [0.15, 0.2) is 0 Å². The van der Waals surface area contributed by atoms with E-state index in [-0.39, 0.29) is 6.04 Å². The van der Waals surface area contributed by atoms with Gasteiger partial charge in [0, 0.05) is 24.1 Å². The molecule has 0 aliphatic carbocycles. The highest BCUT2D eigenvalue weighted by Gasteiger charge is 2.38. The zero-order valence-corrected chi connectivity index (χ0v) is 12.1. The summed E-state index contributed by atoms with van der Waals surface area (Å²) in [6, 6.07) is -0.829. The standard InChI is InChI=1S/C12H21F3N2OS/c1-3-9(4-2)17(8-12(13,14)15)11(18)10-7-19-6-5-16-10/h9-10,16H,3-8H2,1-2H3. The Kier molecular flexibility index (Phi) is 6.46. The Morgan fingerprint density at radius 1 is 1.42 bits per heavy atom. The van der Waals surface area contributed by atoms with Gasteiger partial charge in [-0.3, -0.25) is 4.79 Å². The van der Waals surface area contributed by atoms with Crippen LogP contribution in [-0.4, -0.2) is 53.7 Å². The van der Waals surface area contributed by atoms with Gasteiger partial charge < -0.3 is 10.2 Å². The highest BCUT2D eigenvalue weighted by atomic mass is 32.2. The smallest absolute Gasteiger partial charge is 0.329 e. The number of carbonyl (C=O) groups is 1. The molecule has 1 aliphatic rings. The molecule has 0 saturated carbocycles. The summed E-state index contributed by atoms with van der Waals surface area (Å²) in [5.74, 6) is 1.03. The van der Waals surface area contributed by atoms with Crippen molar-refractivity contribution in [3.8, 4) is 0 Å². The molecule has 1 unspecified atom stereocenters. The van der Waals surface area contributed by atoms with Crippen LogP contribution >= 0.6 is 11.8 Å². The van der Waals surface area contributed by atoms with Crippen molar-refractivity contribution in [2.75, 3.05) is 24.6 Å². The van der Waals surface area contributed by atoms with Crippen molar-refractivity contribution in [3.05, 3.63) is 0 Å². The van der Waals surface area contributed by atoms with Crippen LogP contribution < -0.4 is 5.32 Å². The molecule has 0 aromatic carbocycles. The van der Waals surface area contributed by atoms with Crippen molar-refractivity contribution in [1.82, 2.24) is 10.2 Å². The summed E-state index contributed by atoms with van der Waals surface area (Å²) in [4.78, 5) is 13.3. The van der Waals surface area contributed by atoms with Crippen molar-refractivity contribution in [2.45, 2.75) is 44.9 Å². The van der Waals surface area contributed by atoms with Crippen LogP contribution in [0, 0.1) is 0 Å². The summed E-state index contributed by atoms with van der Waals surface area (Å²) in [7, 11) is 0. The Morgan fingerprint density at radius 2 is 2.05 bits per heavy atom. The minimum atomic E-state index is -4.35. The molecule has 1 aliphatic heterocycles. The number of carbonyl (C=O) groups excluding carboxylic acids is 1. The van der Waals surface area contributed by atoms with E-state index in [9.17, 15) is 18.0 Å². The molecule has 1 atom stereocenters. The number of nitrogens with zero attached hydrogens (tertiary/aromatic N) is 1. The monoisotopic (exact) mass is 298 g/mol. The summed E-state index contributed by atoms with van der Waals surface area (Å²) >= 11 is 1.60. The van der Waals surface area contributed by atoms with Crippen LogP contribution in [-0.2, 0) is 4.79 Å². The first kappa shape index (κ1) is 16.6. The van der Waals surface area contributed by atoms with Crippen LogP contribution in [0.15, 0.2) is 0 Å². The molecular formula is C12H21F3N2OS. The number of alkyl halides is 3. The van der Waals surface area contributed by atoms with E-state index in [1.807, 2.05) is 13.8 Å². The molecule has 1 amide bonds. The second kappa shape index (κ2) is 7.38. The van der Waals surface area contributed by atoms with E-state index in [2.05, 4.69) is 5.32 Å². The molecule has 112 valence electrons. The fourth-order valence-electron chi connectivity index (χ4n) is 2.23. The lowest BCUT2D eigenvalue weighted by molar-refractivity contribution is -0.167. The number of amides is 1. The lowest BCUT2D eigenvalue weighted by atomic mass is 10.1. The Labute approximate surface area is 116 Å². The van der Waals surface area contributed by atoms with Gasteiger partial charge in [-0.25, -0.2) is 0 Å². The van der Waals surface area contributed by atoms with Crippen LogP contribution in [0.5, 0.6) is 0 Å². The van der Waals surface area contributed by atoms with E-state index in [1.54, 1.807) is 11.8 Å². The van der Waals surface area contributed by atoms with Crippen LogP contribution in [0.1, 0.15) is 26.7 Å². The number of hydrogen-bond donors (Lipinski definition) is 1. The van der Waals surface area contributed by atoms with Crippen LogP contribution in [0.2, 0.25) is 0 Å². The summed E-state index contributed by atoms with van der Waals surface area (Å²) in [5.41, 5.74) is 0. The lowest BCUT2D eigenvalue weighted by Crippen LogP contribution is -2.55. The Bertz CT molecular complexity index is 289. The van der Waals surface area contributed by atoms with Gasteiger partial charge in [0.1, 0.15) is 6.54 Å². The molecule has 0 spiro atoms. The van der Waals surface area contributed by atoms with E-state index in [0.717, 1.165) is 10.7 Å². The summed E-state index contributed by atoms with van der Waals surface area (Å²) in [6.07, 6.45) is -3.27. The van der Waals surface area contributed by atoms with E-state index < -0.39 is 24.7 Å². The van der Waals surface area contributed by atoms with Gasteiger partial charge in [0.2, 0.25) is 5.91 Å². The first-order valence-electron chi connectivity index (χ1n) is 6.57. The topological polar surface area (TPSA) is 32.3 Å². The molecule has 1 N–H and O–H groups in total. The number of hydrogen-bond acceptors (Lipinski definition) is 3. The second-order valence-corrected chi connectivity index (χ2v) is 5.78. The molecule has 7 heteroatoms. The number of rotatable bonds is 5. The summed E-state index contributed by atoms with van der Waals surface area (Å²) in [6.45, 7) is 3.15. The van der Waals surface area contributed by atoms with E-state index >= 15 is 0 Å². The minimum Gasteiger partial charge on any atom is -0.329 e. The Balaban J connectivity index is 2.78. The Hall–Kier alpha value is -0.430. The quantitative estimate of drug-likeness (QED) is 0.845. The first-order valence-corrected chi connectivity index (χ1v) is 7.72. The lowest BCUT2D eigenvalue weighted by Gasteiger charge is -2.35. The molecule has 0 aromatic rings. The van der Waals surface area contributed by atoms with Gasteiger partial charge in [-0.05, 0) is 12.8 Å². The third-order valence-corrected chi connectivity index (χ3v) is 4.30. The first-order chi connectivity index (χ1) is 8.89. The molecule has 0 bridgehead atoms. The zero-order chi connectivity index (χ0) is 14.5. The van der Waals surface area contributed by atoms with E-state index in [1.165, 1.54) is 0 Å². The predicted molar refractivity (Wildman–Crippen MR) is 71.3 cm³/mol. The molecule has 3 nitrogen and oxygen atoms in total.